The minimum Gasteiger partial charge on any atom is -0.417 e. The van der Waals surface area contributed by atoms with E-state index in [4.69, 9.17) is 4.43 Å². The number of nitrogens with zero attached hydrogens (tertiary/aromatic N) is 1. The van der Waals surface area contributed by atoms with Crippen molar-refractivity contribution in [2.75, 3.05) is 6.61 Å². The summed E-state index contributed by atoms with van der Waals surface area (Å²) in [5, 5.41) is 0.967. The number of aromatic nitrogens is 1. The van der Waals surface area contributed by atoms with Crippen LogP contribution in [-0.4, -0.2) is 21.4 Å². The van der Waals surface area contributed by atoms with E-state index in [1.165, 1.54) is 25.0 Å². The summed E-state index contributed by atoms with van der Waals surface area (Å²) >= 11 is 0. The van der Waals surface area contributed by atoms with Gasteiger partial charge in [0.25, 0.3) is 0 Å². The summed E-state index contributed by atoms with van der Waals surface area (Å²) in [5.41, 5.74) is 0.701. The van der Waals surface area contributed by atoms with Crippen LogP contribution in [0, 0.1) is 5.95 Å². The van der Waals surface area contributed by atoms with Crippen LogP contribution in [0.5, 0.6) is 0 Å². The molecule has 0 N–H and O–H groups in total. The van der Waals surface area contributed by atoms with Crippen LogP contribution < -0.4 is 0 Å². The van der Waals surface area contributed by atoms with Crippen LogP contribution in [0.15, 0.2) is 36.4 Å². The molecule has 1 aliphatic rings. The molecule has 3 rings (SSSR count). The number of hydrogen-bond acceptors (Lipinski definition) is 2. The molecule has 0 unspecified atom stereocenters. The van der Waals surface area contributed by atoms with Crippen molar-refractivity contribution in [2.45, 2.75) is 18.9 Å². The largest absolute Gasteiger partial charge is 0.417 e. The van der Waals surface area contributed by atoms with E-state index in [0.29, 0.717) is 5.52 Å². The van der Waals surface area contributed by atoms with Gasteiger partial charge in [-0.1, -0.05) is 24.6 Å². The van der Waals surface area contributed by atoms with E-state index < -0.39 is 5.95 Å². The van der Waals surface area contributed by atoms with Gasteiger partial charge in [-0.2, -0.15) is 4.39 Å². The third-order valence-corrected chi connectivity index (χ3v) is 3.41. The van der Waals surface area contributed by atoms with E-state index >= 15 is 0 Å². The first kappa shape index (κ1) is 12.2. The molecule has 0 saturated carbocycles. The van der Waals surface area contributed by atoms with Crippen molar-refractivity contribution in [3.63, 3.8) is 0 Å². The van der Waals surface area contributed by atoms with Gasteiger partial charge in [-0.15, -0.1) is 0 Å². The van der Waals surface area contributed by atoms with Gasteiger partial charge in [0, 0.05) is 12.0 Å². The number of para-hydroxylation sites is 1. The second-order valence-electron chi connectivity index (χ2n) is 3.78. The van der Waals surface area contributed by atoms with E-state index in [2.05, 4.69) is 4.98 Å². The summed E-state index contributed by atoms with van der Waals surface area (Å²) in [6.07, 6.45) is 2.67. The number of rotatable bonds is 0. The van der Waals surface area contributed by atoms with Crippen molar-refractivity contribution in [1.29, 1.82) is 0 Å². The van der Waals surface area contributed by atoms with Crippen LogP contribution in [0.25, 0.3) is 10.9 Å². The molecule has 1 aliphatic heterocycles. The van der Waals surface area contributed by atoms with Crippen LogP contribution in [-0.2, 0) is 4.43 Å². The Bertz CT molecular complexity index is 462. The predicted octanol–water partition coefficient (Wildman–Crippen LogP) is 3.21. The monoisotopic (exact) mass is 247 g/mol. The molecular weight excluding hydrogens is 233 g/mol. The highest BCUT2D eigenvalue weighted by Crippen LogP contribution is 2.10. The van der Waals surface area contributed by atoms with E-state index in [0.717, 1.165) is 21.8 Å². The van der Waals surface area contributed by atoms with Gasteiger partial charge in [-0.3, -0.25) is 0 Å². The highest BCUT2D eigenvalue weighted by Gasteiger charge is 1.97. The Balaban J connectivity index is 0.000000153. The summed E-state index contributed by atoms with van der Waals surface area (Å²) in [6.45, 7) is 1.01. The topological polar surface area (TPSA) is 22.1 Å². The second-order valence-corrected chi connectivity index (χ2v) is 4.85. The van der Waals surface area contributed by atoms with Crippen LogP contribution >= 0.6 is 0 Å². The quantitative estimate of drug-likeness (QED) is 0.527. The first-order valence-corrected chi connectivity index (χ1v) is 6.84. The predicted molar refractivity (Wildman–Crippen MR) is 67.4 cm³/mol. The maximum Gasteiger partial charge on any atom is 0.229 e. The van der Waals surface area contributed by atoms with Crippen molar-refractivity contribution in [3.8, 4) is 0 Å². The van der Waals surface area contributed by atoms with Gasteiger partial charge in [-0.25, -0.2) is 4.98 Å². The molecule has 2 nitrogen and oxygen atoms in total. The Morgan fingerprint density at radius 2 is 2.00 bits per heavy atom. The molecule has 2 heterocycles. The van der Waals surface area contributed by atoms with Gasteiger partial charge >= 0.3 is 0 Å². The summed E-state index contributed by atoms with van der Waals surface area (Å²) in [7, 11) is 0.802. The molecule has 17 heavy (non-hydrogen) atoms. The van der Waals surface area contributed by atoms with Crippen LogP contribution in [0.1, 0.15) is 12.8 Å². The Morgan fingerprint density at radius 3 is 2.65 bits per heavy atom. The third-order valence-electron chi connectivity index (χ3n) is 2.44. The van der Waals surface area contributed by atoms with E-state index in [1.807, 2.05) is 18.2 Å². The minimum atomic E-state index is -0.427. The fraction of sp³-hybridized carbons (Fsp3) is 0.308. The molecule has 88 valence electrons. The molecular formula is C13H14FNOSi. The lowest BCUT2D eigenvalue weighted by molar-refractivity contribution is 0.304. The maximum absolute atomic E-state index is 12.5. The molecule has 0 bridgehead atoms. The number of fused-ring (bicyclic) bond motifs is 1. The Kier molecular flexibility index (Phi) is 4.64. The van der Waals surface area contributed by atoms with Crippen molar-refractivity contribution >= 4 is 20.7 Å². The van der Waals surface area contributed by atoms with Crippen molar-refractivity contribution < 1.29 is 8.82 Å². The number of halogens is 1. The average molecular weight is 247 g/mol. The molecule has 1 saturated heterocycles. The second kappa shape index (κ2) is 6.47. The molecule has 1 fully saturated rings. The highest BCUT2D eigenvalue weighted by atomic mass is 28.2. The molecule has 0 spiro atoms. The SMILES string of the molecule is C1CC[Si]OC1.Fc1ccc2ccccc2n1. The lowest BCUT2D eigenvalue weighted by Gasteiger charge is -2.06. The Labute approximate surface area is 103 Å². The molecule has 1 aromatic carbocycles. The lowest BCUT2D eigenvalue weighted by atomic mass is 10.2. The lowest BCUT2D eigenvalue weighted by Crippen LogP contribution is -2.06. The average Bonchev–Trinajstić information content (AvgIpc) is 2.41. The zero-order valence-electron chi connectivity index (χ0n) is 9.53. The number of hydrogen-bond donors (Lipinski definition) is 0. The first-order valence-electron chi connectivity index (χ1n) is 5.72. The van der Waals surface area contributed by atoms with Crippen LogP contribution in [0.3, 0.4) is 0 Å². The van der Waals surface area contributed by atoms with E-state index in [-0.39, 0.29) is 0 Å². The molecule has 4 heteroatoms. The zero-order valence-corrected chi connectivity index (χ0v) is 10.5. The maximum atomic E-state index is 12.5. The van der Waals surface area contributed by atoms with Gasteiger partial charge in [0.1, 0.15) is 0 Å². The van der Waals surface area contributed by atoms with Crippen molar-refractivity contribution in [3.05, 3.63) is 42.3 Å². The van der Waals surface area contributed by atoms with Crippen LogP contribution in [0.4, 0.5) is 4.39 Å². The molecule has 0 atom stereocenters. The third kappa shape index (κ3) is 3.91. The molecule has 2 aromatic rings. The fourth-order valence-electron chi connectivity index (χ4n) is 1.56. The van der Waals surface area contributed by atoms with Gasteiger partial charge in [0.05, 0.1) is 5.52 Å². The van der Waals surface area contributed by atoms with E-state index in [9.17, 15) is 4.39 Å². The highest BCUT2D eigenvalue weighted by molar-refractivity contribution is 6.27. The summed E-state index contributed by atoms with van der Waals surface area (Å²) in [4.78, 5) is 3.71. The smallest absolute Gasteiger partial charge is 0.229 e. The van der Waals surface area contributed by atoms with E-state index in [1.54, 1.807) is 12.1 Å². The number of benzene rings is 1. The Hall–Kier alpha value is -1.26. The van der Waals surface area contributed by atoms with Crippen molar-refractivity contribution in [1.82, 2.24) is 4.98 Å². The minimum absolute atomic E-state index is 0.427. The van der Waals surface area contributed by atoms with Gasteiger partial charge in [0.15, 0.2) is 0 Å². The van der Waals surface area contributed by atoms with Gasteiger partial charge in [0.2, 0.25) is 15.7 Å². The normalized spacial score (nSPS) is 15.1. The number of pyridine rings is 1. The molecule has 1 aromatic heterocycles. The fourth-order valence-corrected chi connectivity index (χ4v) is 2.38. The summed E-state index contributed by atoms with van der Waals surface area (Å²) in [5.74, 6) is -0.427. The molecule has 0 aliphatic carbocycles. The molecule has 0 amide bonds. The summed E-state index contributed by atoms with van der Waals surface area (Å²) in [6, 6.07) is 11.8. The molecule has 2 radical (unpaired) electrons. The van der Waals surface area contributed by atoms with Gasteiger partial charge < -0.3 is 4.43 Å². The first-order chi connectivity index (χ1) is 8.36. The zero-order chi connectivity index (χ0) is 11.9. The standard InChI is InChI=1S/C9H6FN.C4H8OSi/c10-9-6-5-7-3-1-2-4-8(7)11-9;1-2-4-6-5-3-1/h1-6H;1-4H2. The van der Waals surface area contributed by atoms with Crippen LogP contribution in [0.2, 0.25) is 6.04 Å². The Morgan fingerprint density at radius 1 is 1.12 bits per heavy atom. The van der Waals surface area contributed by atoms with Crippen molar-refractivity contribution in [2.24, 2.45) is 0 Å². The summed E-state index contributed by atoms with van der Waals surface area (Å²) < 4.78 is 17.6. The van der Waals surface area contributed by atoms with Gasteiger partial charge in [-0.05, 0) is 30.7 Å².